The van der Waals surface area contributed by atoms with Gasteiger partial charge in [0.05, 0.1) is 4.90 Å². The quantitative estimate of drug-likeness (QED) is 0.413. The van der Waals surface area contributed by atoms with Gasteiger partial charge in [0.15, 0.2) is 0 Å². The summed E-state index contributed by atoms with van der Waals surface area (Å²) < 4.78 is 31.0. The summed E-state index contributed by atoms with van der Waals surface area (Å²) in [4.78, 5) is 0.292. The lowest BCUT2D eigenvalue weighted by Crippen LogP contribution is -1.98. The second kappa shape index (κ2) is 3.65. The number of fused-ring (bicyclic) bond motifs is 1. The lowest BCUT2D eigenvalue weighted by atomic mass is 10.1. The van der Waals surface area contributed by atoms with Crippen LogP contribution in [-0.4, -0.2) is 13.0 Å². The van der Waals surface area contributed by atoms with Gasteiger partial charge < -0.3 is 5.73 Å². The summed E-state index contributed by atoms with van der Waals surface area (Å²) in [6, 6.07) is 7.75. The fourth-order valence-electron chi connectivity index (χ4n) is 1.49. The molecule has 2 aromatic carbocycles. The summed E-state index contributed by atoms with van der Waals surface area (Å²) >= 11 is 4.17. The third kappa shape index (κ3) is 1.99. The number of benzene rings is 2. The van der Waals surface area contributed by atoms with Crippen LogP contribution in [0.15, 0.2) is 40.1 Å². The standard InChI is InChI=1S/C10H9NO3S2/c11-7-1-2-9-6(3-7)4-8(5-10(9)15)16(12,13)14/h1-5,15H,11H2,(H,12,13,14). The van der Waals surface area contributed by atoms with Gasteiger partial charge in [0.1, 0.15) is 0 Å². The lowest BCUT2D eigenvalue weighted by molar-refractivity contribution is 0.483. The Morgan fingerprint density at radius 3 is 2.50 bits per heavy atom. The Morgan fingerprint density at radius 1 is 1.19 bits per heavy atom. The predicted octanol–water partition coefficient (Wildman–Crippen LogP) is 1.96. The highest BCUT2D eigenvalue weighted by molar-refractivity contribution is 7.86. The first kappa shape index (κ1) is 11.3. The van der Waals surface area contributed by atoms with Crippen molar-refractivity contribution in [2.45, 2.75) is 9.79 Å². The molecule has 0 amide bonds. The average Bonchev–Trinajstić information content (AvgIpc) is 2.15. The van der Waals surface area contributed by atoms with Crippen molar-refractivity contribution in [2.24, 2.45) is 0 Å². The van der Waals surface area contributed by atoms with Crippen molar-refractivity contribution >= 4 is 39.2 Å². The van der Waals surface area contributed by atoms with Crippen LogP contribution >= 0.6 is 12.6 Å². The smallest absolute Gasteiger partial charge is 0.294 e. The molecule has 0 saturated heterocycles. The number of hydrogen-bond acceptors (Lipinski definition) is 4. The average molecular weight is 255 g/mol. The van der Waals surface area contributed by atoms with Crippen LogP contribution in [0.5, 0.6) is 0 Å². The van der Waals surface area contributed by atoms with E-state index in [0.717, 1.165) is 5.39 Å². The van der Waals surface area contributed by atoms with Crippen LogP contribution in [0.25, 0.3) is 10.8 Å². The Labute approximate surface area is 98.2 Å². The molecular formula is C10H9NO3S2. The van der Waals surface area contributed by atoms with Crippen molar-refractivity contribution in [1.29, 1.82) is 0 Å². The summed E-state index contributed by atoms with van der Waals surface area (Å²) in [5, 5.41) is 1.41. The minimum Gasteiger partial charge on any atom is -0.399 e. The summed E-state index contributed by atoms with van der Waals surface area (Å²) in [6.07, 6.45) is 0. The van der Waals surface area contributed by atoms with Crippen molar-refractivity contribution < 1.29 is 13.0 Å². The molecule has 6 heteroatoms. The number of nitrogens with two attached hydrogens (primary N) is 1. The second-order valence-electron chi connectivity index (χ2n) is 3.40. The van der Waals surface area contributed by atoms with E-state index in [9.17, 15) is 8.42 Å². The highest BCUT2D eigenvalue weighted by Crippen LogP contribution is 2.27. The van der Waals surface area contributed by atoms with E-state index >= 15 is 0 Å². The van der Waals surface area contributed by atoms with E-state index in [1.165, 1.54) is 12.1 Å². The van der Waals surface area contributed by atoms with Crippen LogP contribution in [0.2, 0.25) is 0 Å². The van der Waals surface area contributed by atoms with Crippen LogP contribution in [0.4, 0.5) is 5.69 Å². The molecule has 0 aliphatic rings. The first-order valence-corrected chi connectivity index (χ1v) is 6.26. The molecule has 0 bridgehead atoms. The van der Waals surface area contributed by atoms with Gasteiger partial charge in [-0.25, -0.2) is 0 Å². The molecule has 0 heterocycles. The molecular weight excluding hydrogens is 246 g/mol. The first-order chi connectivity index (χ1) is 7.38. The zero-order valence-corrected chi connectivity index (χ0v) is 9.79. The monoisotopic (exact) mass is 255 g/mol. The Bertz CT molecular complexity index is 665. The van der Waals surface area contributed by atoms with E-state index in [4.69, 9.17) is 10.3 Å². The van der Waals surface area contributed by atoms with Gasteiger partial charge in [-0.3, -0.25) is 4.55 Å². The molecule has 0 spiro atoms. The lowest BCUT2D eigenvalue weighted by Gasteiger charge is -2.05. The molecule has 84 valence electrons. The van der Waals surface area contributed by atoms with Gasteiger partial charge in [-0.15, -0.1) is 12.6 Å². The summed E-state index contributed by atoms with van der Waals surface area (Å²) in [5.41, 5.74) is 6.12. The van der Waals surface area contributed by atoms with Crippen molar-refractivity contribution in [2.75, 3.05) is 5.73 Å². The summed E-state index contributed by atoms with van der Waals surface area (Å²) in [7, 11) is -4.22. The van der Waals surface area contributed by atoms with Gasteiger partial charge in [0.25, 0.3) is 10.1 Å². The van der Waals surface area contributed by atoms with Crippen molar-refractivity contribution in [1.82, 2.24) is 0 Å². The van der Waals surface area contributed by atoms with Crippen molar-refractivity contribution in [3.63, 3.8) is 0 Å². The molecule has 3 N–H and O–H groups in total. The van der Waals surface area contributed by atoms with E-state index in [2.05, 4.69) is 12.6 Å². The Morgan fingerprint density at radius 2 is 1.88 bits per heavy atom. The van der Waals surface area contributed by atoms with Crippen LogP contribution in [0.1, 0.15) is 0 Å². The van der Waals surface area contributed by atoms with Gasteiger partial charge in [-0.05, 0) is 35.0 Å². The zero-order valence-electron chi connectivity index (χ0n) is 8.08. The Kier molecular flexibility index (Phi) is 2.57. The molecule has 0 radical (unpaired) electrons. The van der Waals surface area contributed by atoms with E-state index < -0.39 is 10.1 Å². The summed E-state index contributed by atoms with van der Waals surface area (Å²) in [5.74, 6) is 0. The van der Waals surface area contributed by atoms with Crippen LogP contribution < -0.4 is 5.73 Å². The zero-order chi connectivity index (χ0) is 11.9. The first-order valence-electron chi connectivity index (χ1n) is 4.38. The molecule has 0 atom stereocenters. The van der Waals surface area contributed by atoms with Gasteiger partial charge in [0.2, 0.25) is 0 Å². The fraction of sp³-hybridized carbons (Fsp3) is 0. The number of nitrogen functional groups attached to an aromatic ring is 1. The minimum atomic E-state index is -4.22. The van der Waals surface area contributed by atoms with Gasteiger partial charge in [-0.2, -0.15) is 8.42 Å². The highest BCUT2D eigenvalue weighted by Gasteiger charge is 2.12. The maximum atomic E-state index is 11.0. The number of rotatable bonds is 1. The summed E-state index contributed by atoms with van der Waals surface area (Å²) in [6.45, 7) is 0. The topological polar surface area (TPSA) is 80.4 Å². The Hall–Kier alpha value is -1.24. The van der Waals surface area contributed by atoms with Gasteiger partial charge >= 0.3 is 0 Å². The fourth-order valence-corrected chi connectivity index (χ4v) is 2.46. The molecule has 0 saturated carbocycles. The highest BCUT2D eigenvalue weighted by atomic mass is 32.2. The van der Waals surface area contributed by atoms with Crippen molar-refractivity contribution in [3.8, 4) is 0 Å². The molecule has 0 unspecified atom stereocenters. The Balaban J connectivity index is 2.85. The molecule has 0 aliphatic heterocycles. The molecule has 0 aromatic heterocycles. The SMILES string of the molecule is Nc1ccc2c(S)cc(S(=O)(=O)O)cc2c1. The number of anilines is 1. The van der Waals surface area contributed by atoms with Crippen molar-refractivity contribution in [3.05, 3.63) is 30.3 Å². The molecule has 0 fully saturated rings. The molecule has 2 rings (SSSR count). The second-order valence-corrected chi connectivity index (χ2v) is 5.30. The van der Waals surface area contributed by atoms with Crippen LogP contribution in [-0.2, 0) is 10.1 Å². The molecule has 0 aliphatic carbocycles. The minimum absolute atomic E-state index is 0.185. The van der Waals surface area contributed by atoms with E-state index in [1.54, 1.807) is 18.2 Å². The third-order valence-corrected chi connectivity index (χ3v) is 3.43. The molecule has 2 aromatic rings. The largest absolute Gasteiger partial charge is 0.399 e. The molecule has 4 nitrogen and oxygen atoms in total. The third-order valence-electron chi connectivity index (χ3n) is 2.23. The number of hydrogen-bond donors (Lipinski definition) is 3. The van der Waals surface area contributed by atoms with Gasteiger partial charge in [0, 0.05) is 10.6 Å². The van der Waals surface area contributed by atoms with Crippen LogP contribution in [0, 0.1) is 0 Å². The van der Waals surface area contributed by atoms with E-state index in [-0.39, 0.29) is 4.90 Å². The normalized spacial score (nSPS) is 11.9. The molecule has 16 heavy (non-hydrogen) atoms. The van der Waals surface area contributed by atoms with Gasteiger partial charge in [-0.1, -0.05) is 6.07 Å². The van der Waals surface area contributed by atoms with E-state index in [0.29, 0.717) is 16.0 Å². The van der Waals surface area contributed by atoms with Crippen LogP contribution in [0.3, 0.4) is 0 Å². The predicted molar refractivity (Wildman–Crippen MR) is 65.4 cm³/mol. The number of thiol groups is 1. The van der Waals surface area contributed by atoms with E-state index in [1.807, 2.05) is 0 Å². The maximum Gasteiger partial charge on any atom is 0.294 e. The maximum absolute atomic E-state index is 11.0.